The standard InChI is InChI=1S/C15H14N2O2S2/c1-10-2-3-13(19-10)15-17-12(9-21-15)14(18)16-6-4-11-5-7-20-8-11/h2-3,5,7-9H,4,6H2,1H3,(H,16,18). The molecular weight excluding hydrogens is 304 g/mol. The SMILES string of the molecule is Cc1ccc(-c2nc(C(=O)NCCc3ccsc3)cs2)o1. The van der Waals surface area contributed by atoms with E-state index < -0.39 is 0 Å². The van der Waals surface area contributed by atoms with Crippen molar-refractivity contribution < 1.29 is 9.21 Å². The van der Waals surface area contributed by atoms with E-state index in [1.165, 1.54) is 16.9 Å². The van der Waals surface area contributed by atoms with Crippen LogP contribution >= 0.6 is 22.7 Å². The zero-order chi connectivity index (χ0) is 14.7. The van der Waals surface area contributed by atoms with Gasteiger partial charge in [-0.3, -0.25) is 4.79 Å². The molecule has 0 aromatic carbocycles. The Hall–Kier alpha value is -1.92. The number of carbonyl (C=O) groups is 1. The Morgan fingerprint density at radius 3 is 2.95 bits per heavy atom. The highest BCUT2D eigenvalue weighted by atomic mass is 32.1. The molecule has 0 aliphatic carbocycles. The van der Waals surface area contributed by atoms with Crippen LogP contribution in [0.2, 0.25) is 0 Å². The molecule has 21 heavy (non-hydrogen) atoms. The number of aryl methyl sites for hydroxylation is 1. The fourth-order valence-corrected chi connectivity index (χ4v) is 3.35. The van der Waals surface area contributed by atoms with E-state index in [0.717, 1.165) is 17.2 Å². The van der Waals surface area contributed by atoms with Gasteiger partial charge in [-0.2, -0.15) is 11.3 Å². The van der Waals surface area contributed by atoms with Gasteiger partial charge in [0.05, 0.1) is 0 Å². The summed E-state index contributed by atoms with van der Waals surface area (Å²) in [6.07, 6.45) is 0.837. The second kappa shape index (κ2) is 6.24. The smallest absolute Gasteiger partial charge is 0.270 e. The molecule has 0 aliphatic heterocycles. The van der Waals surface area contributed by atoms with E-state index in [1.54, 1.807) is 16.7 Å². The molecule has 0 saturated carbocycles. The van der Waals surface area contributed by atoms with E-state index in [-0.39, 0.29) is 5.91 Å². The summed E-state index contributed by atoms with van der Waals surface area (Å²) in [4.78, 5) is 16.4. The number of nitrogens with zero attached hydrogens (tertiary/aromatic N) is 1. The minimum absolute atomic E-state index is 0.143. The van der Waals surface area contributed by atoms with Crippen LogP contribution in [0, 0.1) is 6.92 Å². The number of aromatic nitrogens is 1. The maximum absolute atomic E-state index is 12.0. The molecule has 6 heteroatoms. The molecule has 3 heterocycles. The molecule has 3 aromatic heterocycles. The maximum Gasteiger partial charge on any atom is 0.270 e. The third kappa shape index (κ3) is 3.40. The Morgan fingerprint density at radius 1 is 1.33 bits per heavy atom. The average molecular weight is 318 g/mol. The maximum atomic E-state index is 12.0. The second-order valence-corrected chi connectivity index (χ2v) is 6.22. The number of thiophene rings is 1. The number of rotatable bonds is 5. The number of nitrogens with one attached hydrogen (secondary N) is 1. The quantitative estimate of drug-likeness (QED) is 0.779. The molecule has 0 saturated heterocycles. The van der Waals surface area contributed by atoms with Gasteiger partial charge in [-0.05, 0) is 47.9 Å². The molecule has 0 aliphatic rings. The fourth-order valence-electron chi connectivity index (χ4n) is 1.89. The van der Waals surface area contributed by atoms with E-state index in [2.05, 4.69) is 21.7 Å². The molecule has 4 nitrogen and oxygen atoms in total. The van der Waals surface area contributed by atoms with Gasteiger partial charge < -0.3 is 9.73 Å². The van der Waals surface area contributed by atoms with Gasteiger partial charge in [-0.1, -0.05) is 0 Å². The van der Waals surface area contributed by atoms with Crippen LogP contribution in [0.25, 0.3) is 10.8 Å². The van der Waals surface area contributed by atoms with Crippen molar-refractivity contribution in [1.29, 1.82) is 0 Å². The summed E-state index contributed by atoms with van der Waals surface area (Å²) in [5, 5.41) is 9.50. The number of hydrogen-bond donors (Lipinski definition) is 1. The molecular formula is C15H14N2O2S2. The van der Waals surface area contributed by atoms with Crippen molar-refractivity contribution in [2.75, 3.05) is 6.54 Å². The summed E-state index contributed by atoms with van der Waals surface area (Å²) in [5.41, 5.74) is 1.68. The Bertz CT molecular complexity index is 729. The van der Waals surface area contributed by atoms with Gasteiger partial charge in [0.15, 0.2) is 10.8 Å². The summed E-state index contributed by atoms with van der Waals surface area (Å²) in [7, 11) is 0. The van der Waals surface area contributed by atoms with Gasteiger partial charge in [-0.25, -0.2) is 4.98 Å². The highest BCUT2D eigenvalue weighted by Gasteiger charge is 2.13. The summed E-state index contributed by atoms with van der Waals surface area (Å²) in [6, 6.07) is 5.82. The first kappa shape index (κ1) is 14.0. The van der Waals surface area contributed by atoms with Crippen LogP contribution in [0.4, 0.5) is 0 Å². The largest absolute Gasteiger partial charge is 0.459 e. The Balaban J connectivity index is 1.59. The lowest BCUT2D eigenvalue weighted by Crippen LogP contribution is -2.25. The third-order valence-corrected chi connectivity index (χ3v) is 4.56. The van der Waals surface area contributed by atoms with Crippen LogP contribution in [0.15, 0.2) is 38.8 Å². The van der Waals surface area contributed by atoms with Crippen LogP contribution in [-0.2, 0) is 6.42 Å². The molecule has 0 fully saturated rings. The Kier molecular flexibility index (Phi) is 4.17. The van der Waals surface area contributed by atoms with Crippen LogP contribution < -0.4 is 5.32 Å². The molecule has 0 unspecified atom stereocenters. The van der Waals surface area contributed by atoms with E-state index in [1.807, 2.05) is 24.4 Å². The first-order chi connectivity index (χ1) is 10.2. The molecule has 0 spiro atoms. The lowest BCUT2D eigenvalue weighted by molar-refractivity contribution is 0.0950. The highest BCUT2D eigenvalue weighted by molar-refractivity contribution is 7.13. The highest BCUT2D eigenvalue weighted by Crippen LogP contribution is 2.25. The van der Waals surface area contributed by atoms with Crippen LogP contribution in [0.1, 0.15) is 21.8 Å². The van der Waals surface area contributed by atoms with Crippen molar-refractivity contribution in [3.05, 3.63) is 51.4 Å². The molecule has 1 N–H and O–H groups in total. The number of hydrogen-bond acceptors (Lipinski definition) is 5. The molecule has 1 amide bonds. The summed E-state index contributed by atoms with van der Waals surface area (Å²) >= 11 is 3.08. The number of thiazole rings is 1. The van der Waals surface area contributed by atoms with Crippen molar-refractivity contribution in [3.8, 4) is 10.8 Å². The molecule has 0 atom stereocenters. The van der Waals surface area contributed by atoms with Gasteiger partial charge in [-0.15, -0.1) is 11.3 Å². The van der Waals surface area contributed by atoms with Crippen molar-refractivity contribution in [3.63, 3.8) is 0 Å². The zero-order valence-electron chi connectivity index (χ0n) is 11.5. The van der Waals surface area contributed by atoms with Gasteiger partial charge in [0.1, 0.15) is 11.5 Å². The van der Waals surface area contributed by atoms with Crippen molar-refractivity contribution in [2.24, 2.45) is 0 Å². The van der Waals surface area contributed by atoms with Gasteiger partial charge >= 0.3 is 0 Å². The van der Waals surface area contributed by atoms with Gasteiger partial charge in [0.25, 0.3) is 5.91 Å². The van der Waals surface area contributed by atoms with Crippen molar-refractivity contribution in [1.82, 2.24) is 10.3 Å². The monoisotopic (exact) mass is 318 g/mol. The average Bonchev–Trinajstić information content (AvgIpc) is 3.19. The van der Waals surface area contributed by atoms with E-state index in [4.69, 9.17) is 4.42 Å². The van der Waals surface area contributed by atoms with Crippen molar-refractivity contribution in [2.45, 2.75) is 13.3 Å². The number of carbonyl (C=O) groups excluding carboxylic acids is 1. The Morgan fingerprint density at radius 2 is 2.24 bits per heavy atom. The second-order valence-electron chi connectivity index (χ2n) is 4.59. The molecule has 108 valence electrons. The minimum Gasteiger partial charge on any atom is -0.459 e. The molecule has 0 bridgehead atoms. The molecule has 3 aromatic rings. The lowest BCUT2D eigenvalue weighted by Gasteiger charge is -2.01. The first-order valence-corrected chi connectivity index (χ1v) is 8.36. The predicted octanol–water partition coefficient (Wildman–Crippen LogP) is 3.75. The fraction of sp³-hybridized carbons (Fsp3) is 0.200. The summed E-state index contributed by atoms with van der Waals surface area (Å²) in [5.74, 6) is 1.40. The summed E-state index contributed by atoms with van der Waals surface area (Å²) < 4.78 is 5.51. The Labute approximate surface area is 130 Å². The summed E-state index contributed by atoms with van der Waals surface area (Å²) in [6.45, 7) is 2.50. The normalized spacial score (nSPS) is 10.7. The van der Waals surface area contributed by atoms with Gasteiger partial charge in [0.2, 0.25) is 0 Å². The molecule has 0 radical (unpaired) electrons. The van der Waals surface area contributed by atoms with Crippen LogP contribution in [0.5, 0.6) is 0 Å². The van der Waals surface area contributed by atoms with E-state index in [0.29, 0.717) is 18.0 Å². The zero-order valence-corrected chi connectivity index (χ0v) is 13.1. The van der Waals surface area contributed by atoms with Gasteiger partial charge in [0, 0.05) is 11.9 Å². The molecule has 3 rings (SSSR count). The third-order valence-electron chi connectivity index (χ3n) is 2.97. The van der Waals surface area contributed by atoms with Crippen LogP contribution in [-0.4, -0.2) is 17.4 Å². The lowest BCUT2D eigenvalue weighted by atomic mass is 10.2. The topological polar surface area (TPSA) is 55.1 Å². The number of furan rings is 1. The number of amides is 1. The predicted molar refractivity (Wildman–Crippen MR) is 84.9 cm³/mol. The van der Waals surface area contributed by atoms with E-state index in [9.17, 15) is 4.79 Å². The first-order valence-electron chi connectivity index (χ1n) is 6.54. The van der Waals surface area contributed by atoms with Crippen molar-refractivity contribution >= 4 is 28.6 Å². The van der Waals surface area contributed by atoms with Crippen LogP contribution in [0.3, 0.4) is 0 Å². The van der Waals surface area contributed by atoms with E-state index >= 15 is 0 Å². The minimum atomic E-state index is -0.143.